The van der Waals surface area contributed by atoms with Crippen molar-refractivity contribution < 1.29 is 32.5 Å². The molecule has 0 unspecified atom stereocenters. The summed E-state index contributed by atoms with van der Waals surface area (Å²) in [5.41, 5.74) is 6.52. The monoisotopic (exact) mass is 713 g/mol. The second-order valence-corrected chi connectivity index (χ2v) is 12.3. The maximum Gasteiger partial charge on any atom is 0.301 e. The first-order valence-corrected chi connectivity index (χ1v) is 15.6. The van der Waals surface area contributed by atoms with E-state index in [-0.39, 0.29) is 29.6 Å². The first-order valence-electron chi connectivity index (χ1n) is 14.8. The highest BCUT2D eigenvalue weighted by molar-refractivity contribution is 7.21. The molecule has 1 aliphatic heterocycles. The summed E-state index contributed by atoms with van der Waals surface area (Å²) in [6.45, 7) is 0. The van der Waals surface area contributed by atoms with E-state index in [0.717, 1.165) is 23.3 Å². The SMILES string of the molecule is CN(C)c1ccc2nc3ccc(=[N+](C)C)cc-3sc2c1.O=[N+]([O-])c1ccc(NN=C(c2ccc(O)cc2)c2ccc(O)cc2)c([N+](=O)[O-])c1.[Cl-]. The number of hydrazone groups is 1. The Kier molecular flexibility index (Phi) is 11.6. The van der Waals surface area contributed by atoms with Crippen molar-refractivity contribution in [2.75, 3.05) is 38.5 Å². The number of halogens is 1. The van der Waals surface area contributed by atoms with Gasteiger partial charge in [0.1, 0.15) is 31.3 Å². The van der Waals surface area contributed by atoms with Crippen LogP contribution >= 0.6 is 11.3 Å². The molecule has 13 nitrogen and oxygen atoms in total. The number of anilines is 2. The molecular formula is C35H32ClN7O6S. The van der Waals surface area contributed by atoms with Gasteiger partial charge in [-0.25, -0.2) is 9.56 Å². The van der Waals surface area contributed by atoms with Gasteiger partial charge in [-0.05, 0) is 78.9 Å². The molecule has 2 aliphatic rings. The van der Waals surface area contributed by atoms with E-state index in [4.69, 9.17) is 4.98 Å². The molecule has 0 atom stereocenters. The van der Waals surface area contributed by atoms with Gasteiger partial charge < -0.3 is 27.5 Å². The number of non-ortho nitro benzene ring substituents is 1. The number of nitro groups is 2. The minimum absolute atomic E-state index is 0. The normalized spacial score (nSPS) is 10.3. The number of nitro benzene ring substituents is 2. The average Bonchev–Trinajstić information content (AvgIpc) is 3.08. The van der Waals surface area contributed by atoms with Crippen molar-refractivity contribution in [2.24, 2.45) is 5.10 Å². The van der Waals surface area contributed by atoms with Gasteiger partial charge in [-0.2, -0.15) is 5.10 Å². The maximum absolute atomic E-state index is 11.3. The molecule has 1 heterocycles. The molecule has 15 heteroatoms. The highest BCUT2D eigenvalue weighted by atomic mass is 35.5. The molecule has 0 fully saturated rings. The van der Waals surface area contributed by atoms with Crippen LogP contribution in [0.25, 0.3) is 20.8 Å². The van der Waals surface area contributed by atoms with E-state index in [1.165, 1.54) is 51.0 Å². The Morgan fingerprint density at radius 1 is 0.800 bits per heavy atom. The van der Waals surface area contributed by atoms with Crippen LogP contribution in [0.2, 0.25) is 0 Å². The smallest absolute Gasteiger partial charge is 0.301 e. The number of hydrogen-bond donors (Lipinski definition) is 3. The number of phenols is 2. The van der Waals surface area contributed by atoms with Crippen molar-refractivity contribution in [3.05, 3.63) is 140 Å². The molecule has 50 heavy (non-hydrogen) atoms. The molecule has 0 aromatic heterocycles. The summed E-state index contributed by atoms with van der Waals surface area (Å²) in [6, 6.07) is 28.3. The largest absolute Gasteiger partial charge is 1.00 e. The van der Waals surface area contributed by atoms with Crippen LogP contribution in [-0.4, -0.2) is 58.9 Å². The third-order valence-electron chi connectivity index (χ3n) is 7.34. The summed E-state index contributed by atoms with van der Waals surface area (Å²) < 4.78 is 3.34. The standard InChI is InChI=1S/C19H14N4O6.C16H18N3S.ClH/c24-15-6-1-12(2-7-15)19(13-3-8-16(25)9-4-13)21-20-17-10-5-14(22(26)27)11-18(17)23(28)29;1-18(2)11-5-7-13-15(9-11)20-16-10-12(19(3)4)6-8-14(16)17-13;/h1-11,20,24-25H;5-10H,1-4H3;1H/q;+1;/p-1. The van der Waals surface area contributed by atoms with Crippen molar-refractivity contribution in [3.63, 3.8) is 0 Å². The van der Waals surface area contributed by atoms with Crippen LogP contribution < -0.4 is 32.7 Å². The fourth-order valence-electron chi connectivity index (χ4n) is 4.69. The van der Waals surface area contributed by atoms with Crippen LogP contribution in [0, 0.1) is 20.2 Å². The number of benzene rings is 5. The lowest BCUT2D eigenvalue weighted by Crippen LogP contribution is -3.00. The van der Waals surface area contributed by atoms with Gasteiger partial charge in [0.15, 0.2) is 0 Å². The minimum Gasteiger partial charge on any atom is -1.00 e. The maximum atomic E-state index is 11.3. The van der Waals surface area contributed by atoms with Gasteiger partial charge >= 0.3 is 5.69 Å². The fraction of sp³-hybridized carbons (Fsp3) is 0.114. The molecule has 0 spiro atoms. The number of hydrogen-bond acceptors (Lipinski definition) is 11. The Hall–Kier alpha value is -6.12. The van der Waals surface area contributed by atoms with E-state index in [1.54, 1.807) is 35.6 Å². The molecule has 0 saturated heterocycles. The van der Waals surface area contributed by atoms with Crippen molar-refractivity contribution in [1.82, 2.24) is 9.56 Å². The Bertz CT molecular complexity index is 2190. The van der Waals surface area contributed by atoms with Gasteiger partial charge in [0.25, 0.3) is 5.69 Å². The molecule has 256 valence electrons. The third kappa shape index (κ3) is 8.66. The van der Waals surface area contributed by atoms with Crippen LogP contribution in [0.15, 0.2) is 108 Å². The lowest BCUT2D eigenvalue weighted by atomic mass is 10.0. The summed E-state index contributed by atoms with van der Waals surface area (Å²) in [7, 11) is 8.24. The van der Waals surface area contributed by atoms with Crippen LogP contribution in [0.4, 0.5) is 22.7 Å². The summed E-state index contributed by atoms with van der Waals surface area (Å²) in [5, 5.41) is 46.6. The van der Waals surface area contributed by atoms with Gasteiger partial charge in [-0.15, -0.1) is 11.3 Å². The quantitative estimate of drug-likeness (QED) is 0.0739. The Morgan fingerprint density at radius 2 is 1.42 bits per heavy atom. The number of nitrogens with one attached hydrogen (secondary N) is 1. The van der Waals surface area contributed by atoms with Crippen molar-refractivity contribution >= 4 is 50.0 Å². The number of fused-ring (bicyclic) bond motifs is 2. The number of aromatic nitrogens is 1. The number of nitrogens with zero attached hydrogens (tertiary/aromatic N) is 6. The first kappa shape index (κ1) is 36.7. The van der Waals surface area contributed by atoms with Gasteiger partial charge in [0, 0.05) is 49.1 Å². The highest BCUT2D eigenvalue weighted by Gasteiger charge is 2.20. The number of rotatable bonds is 7. The van der Waals surface area contributed by atoms with Crippen LogP contribution in [0.3, 0.4) is 0 Å². The molecular weight excluding hydrogens is 682 g/mol. The van der Waals surface area contributed by atoms with Crippen molar-refractivity contribution in [1.29, 1.82) is 0 Å². The fourth-order valence-corrected chi connectivity index (χ4v) is 5.72. The average molecular weight is 714 g/mol. The first-order chi connectivity index (χ1) is 23.4. The zero-order valence-electron chi connectivity index (χ0n) is 27.3. The van der Waals surface area contributed by atoms with Crippen LogP contribution in [-0.2, 0) is 0 Å². The van der Waals surface area contributed by atoms with E-state index in [1.807, 2.05) is 0 Å². The molecule has 0 saturated carbocycles. The van der Waals surface area contributed by atoms with E-state index in [9.17, 15) is 30.4 Å². The number of aromatic hydroxyl groups is 2. The molecule has 0 bridgehead atoms. The predicted molar refractivity (Wildman–Crippen MR) is 193 cm³/mol. The van der Waals surface area contributed by atoms with Gasteiger partial charge in [-0.3, -0.25) is 25.7 Å². The van der Waals surface area contributed by atoms with Gasteiger partial charge in [-0.1, -0.05) is 0 Å². The zero-order valence-corrected chi connectivity index (χ0v) is 28.9. The summed E-state index contributed by atoms with van der Waals surface area (Å²) in [6.07, 6.45) is 0. The Morgan fingerprint density at radius 3 is 1.96 bits per heavy atom. The lowest BCUT2D eigenvalue weighted by Gasteiger charge is -2.13. The van der Waals surface area contributed by atoms with Crippen LogP contribution in [0.5, 0.6) is 11.5 Å². The Labute approximate surface area is 296 Å². The third-order valence-corrected chi connectivity index (χ3v) is 8.43. The lowest BCUT2D eigenvalue weighted by molar-refractivity contribution is -0.393. The van der Waals surface area contributed by atoms with E-state index >= 15 is 0 Å². The van der Waals surface area contributed by atoms with Gasteiger partial charge in [0.2, 0.25) is 5.36 Å². The van der Waals surface area contributed by atoms with Crippen molar-refractivity contribution in [2.45, 2.75) is 0 Å². The predicted octanol–water partition coefficient (Wildman–Crippen LogP) is 3.28. The second-order valence-electron chi connectivity index (χ2n) is 11.2. The van der Waals surface area contributed by atoms with Crippen LogP contribution in [0.1, 0.15) is 11.1 Å². The Balaban J connectivity index is 0.000000234. The van der Waals surface area contributed by atoms with E-state index < -0.39 is 21.2 Å². The topological polar surface area (TPSA) is 170 Å². The highest BCUT2D eigenvalue weighted by Crippen LogP contribution is 2.32. The molecule has 6 rings (SSSR count). The minimum atomic E-state index is -0.744. The van der Waals surface area contributed by atoms with Crippen molar-refractivity contribution in [3.8, 4) is 22.1 Å². The summed E-state index contributed by atoms with van der Waals surface area (Å²) in [5.74, 6) is 0.107. The zero-order chi connectivity index (χ0) is 35.2. The van der Waals surface area contributed by atoms with E-state index in [0.29, 0.717) is 16.8 Å². The van der Waals surface area contributed by atoms with Gasteiger partial charge in [0.05, 0.1) is 42.4 Å². The molecule has 4 aromatic carbocycles. The number of phenolic OH excluding ortho intramolecular Hbond substituents is 2. The molecule has 3 N–H and O–H groups in total. The van der Waals surface area contributed by atoms with E-state index in [2.05, 4.69) is 84.6 Å². The summed E-state index contributed by atoms with van der Waals surface area (Å²) >= 11 is 1.80. The molecule has 4 aromatic rings. The summed E-state index contributed by atoms with van der Waals surface area (Å²) in [4.78, 5) is 28.8. The molecule has 0 radical (unpaired) electrons. The second kappa shape index (κ2) is 15.9. The molecule has 0 amide bonds. The molecule has 1 aliphatic carbocycles.